The Labute approximate surface area is 523 Å². The Morgan fingerprint density at radius 2 is 0.765 bits per heavy atom. The molecule has 0 radical (unpaired) electrons. The molecule has 7 unspecified atom stereocenters. The van der Waals surface area contributed by atoms with Gasteiger partial charge in [-0.05, 0) is 83.5 Å². The van der Waals surface area contributed by atoms with Crippen LogP contribution in [0.5, 0.6) is 0 Å². The lowest BCUT2D eigenvalue weighted by molar-refractivity contribution is -0.302. The molecule has 1 fully saturated rings. The van der Waals surface area contributed by atoms with Crippen LogP contribution in [0.3, 0.4) is 0 Å². The van der Waals surface area contributed by atoms with E-state index in [4.69, 9.17) is 14.2 Å². The van der Waals surface area contributed by atoms with E-state index in [9.17, 15) is 35.1 Å². The third kappa shape index (κ3) is 52.1. The maximum atomic E-state index is 13.1. The largest absolute Gasteiger partial charge is 0.466 e. The molecule has 85 heavy (non-hydrogen) atoms. The van der Waals surface area contributed by atoms with Crippen molar-refractivity contribution in [3.8, 4) is 0 Å². The summed E-state index contributed by atoms with van der Waals surface area (Å²) < 4.78 is 16.7. The van der Waals surface area contributed by atoms with Gasteiger partial charge in [0.25, 0.3) is 0 Å². The van der Waals surface area contributed by atoms with Crippen molar-refractivity contribution in [3.63, 3.8) is 0 Å². The fourth-order valence-corrected chi connectivity index (χ4v) is 11.4. The third-order valence-electron chi connectivity index (χ3n) is 17.1. The topological polar surface area (TPSA) is 175 Å². The molecule has 0 saturated carbocycles. The average Bonchev–Trinajstić information content (AvgIpc) is 3.40. The van der Waals surface area contributed by atoms with Crippen LogP contribution in [0.25, 0.3) is 0 Å². The number of carbonyl (C=O) groups is 2. The van der Waals surface area contributed by atoms with Gasteiger partial charge in [-0.3, -0.25) is 9.59 Å². The minimum atomic E-state index is -1.58. The van der Waals surface area contributed by atoms with Gasteiger partial charge in [0.2, 0.25) is 5.91 Å². The number of aliphatic hydroxyl groups excluding tert-OH is 5. The van der Waals surface area contributed by atoms with Crippen molar-refractivity contribution in [2.24, 2.45) is 0 Å². The van der Waals surface area contributed by atoms with Crippen LogP contribution in [-0.2, 0) is 23.8 Å². The van der Waals surface area contributed by atoms with Crippen molar-refractivity contribution < 1.29 is 49.3 Å². The molecule has 6 N–H and O–H groups in total. The van der Waals surface area contributed by atoms with Crippen molar-refractivity contribution in [2.75, 3.05) is 19.8 Å². The molecule has 7 atom stereocenters. The molecule has 1 rings (SSSR count). The molecular formula is C74H137NO10. The summed E-state index contributed by atoms with van der Waals surface area (Å²) in [6, 6.07) is -0.834. The zero-order valence-electron chi connectivity index (χ0n) is 55.3. The molecule has 1 aliphatic rings. The van der Waals surface area contributed by atoms with Crippen LogP contribution in [-0.4, -0.2) is 100 Å². The Hall–Kier alpha value is -2.38. The number of ether oxygens (including phenoxy) is 3. The van der Waals surface area contributed by atoms with Gasteiger partial charge in [0, 0.05) is 12.8 Å². The summed E-state index contributed by atoms with van der Waals surface area (Å²) in [5, 5.41) is 54.5. The summed E-state index contributed by atoms with van der Waals surface area (Å²) in [7, 11) is 0. The first kappa shape index (κ1) is 80.6. The van der Waals surface area contributed by atoms with Crippen molar-refractivity contribution in [1.82, 2.24) is 5.32 Å². The first-order valence-corrected chi connectivity index (χ1v) is 36.4. The maximum Gasteiger partial charge on any atom is 0.305 e. The van der Waals surface area contributed by atoms with Crippen molar-refractivity contribution in [3.05, 3.63) is 48.6 Å². The molecule has 0 aromatic heterocycles. The lowest BCUT2D eigenvalue weighted by Crippen LogP contribution is -2.60. The Morgan fingerprint density at radius 1 is 0.424 bits per heavy atom. The Balaban J connectivity index is 1.99. The predicted molar refractivity (Wildman–Crippen MR) is 357 cm³/mol. The van der Waals surface area contributed by atoms with E-state index in [-0.39, 0.29) is 18.5 Å². The van der Waals surface area contributed by atoms with Gasteiger partial charge < -0.3 is 45.1 Å². The molecule has 0 bridgehead atoms. The highest BCUT2D eigenvalue weighted by Gasteiger charge is 2.44. The Kier molecular flexibility index (Phi) is 60.0. The average molecular weight is 1200 g/mol. The number of rotatable bonds is 64. The highest BCUT2D eigenvalue weighted by molar-refractivity contribution is 5.76. The van der Waals surface area contributed by atoms with E-state index in [0.717, 1.165) is 64.2 Å². The fraction of sp³-hybridized carbons (Fsp3) is 0.865. The molecule has 0 aromatic carbocycles. The quantitative estimate of drug-likeness (QED) is 0.0195. The third-order valence-corrected chi connectivity index (χ3v) is 17.1. The summed E-state index contributed by atoms with van der Waals surface area (Å²) >= 11 is 0. The van der Waals surface area contributed by atoms with Crippen LogP contribution >= 0.6 is 0 Å². The van der Waals surface area contributed by atoms with Crippen molar-refractivity contribution >= 4 is 11.9 Å². The zero-order valence-corrected chi connectivity index (χ0v) is 55.3. The molecule has 0 aromatic rings. The minimum absolute atomic E-state index is 0.00918. The number of nitrogens with one attached hydrogen (secondary N) is 1. The number of hydrogen-bond donors (Lipinski definition) is 6. The van der Waals surface area contributed by atoms with E-state index in [0.29, 0.717) is 19.4 Å². The van der Waals surface area contributed by atoms with Gasteiger partial charge in [-0.1, -0.05) is 300 Å². The number of esters is 1. The summed E-state index contributed by atoms with van der Waals surface area (Å²) in [6.07, 6.45) is 72.5. The molecule has 1 aliphatic heterocycles. The van der Waals surface area contributed by atoms with Gasteiger partial charge in [-0.25, -0.2) is 0 Å². The highest BCUT2D eigenvalue weighted by Crippen LogP contribution is 2.23. The van der Waals surface area contributed by atoms with E-state index in [2.05, 4.69) is 55.6 Å². The smallest absolute Gasteiger partial charge is 0.305 e. The minimum Gasteiger partial charge on any atom is -0.466 e. The number of hydrogen-bond acceptors (Lipinski definition) is 10. The summed E-state index contributed by atoms with van der Waals surface area (Å²) in [5.41, 5.74) is 0. The molecule has 11 nitrogen and oxygen atoms in total. The summed E-state index contributed by atoms with van der Waals surface area (Å²) in [5.74, 6) is -0.184. The molecule has 1 saturated heterocycles. The fourth-order valence-electron chi connectivity index (χ4n) is 11.4. The summed E-state index contributed by atoms with van der Waals surface area (Å²) in [4.78, 5) is 25.1. The normalized spacial score (nSPS) is 18.2. The molecule has 1 amide bonds. The van der Waals surface area contributed by atoms with E-state index < -0.39 is 49.5 Å². The second-order valence-electron chi connectivity index (χ2n) is 25.3. The molecule has 1 heterocycles. The van der Waals surface area contributed by atoms with Gasteiger partial charge in [0.05, 0.1) is 32.0 Å². The van der Waals surface area contributed by atoms with Crippen LogP contribution in [0.2, 0.25) is 0 Å². The van der Waals surface area contributed by atoms with Gasteiger partial charge >= 0.3 is 5.97 Å². The lowest BCUT2D eigenvalue weighted by atomic mass is 9.99. The zero-order chi connectivity index (χ0) is 61.6. The van der Waals surface area contributed by atoms with E-state index in [1.165, 1.54) is 257 Å². The van der Waals surface area contributed by atoms with Crippen molar-refractivity contribution in [2.45, 2.75) is 391 Å². The number of aliphatic hydroxyl groups is 5. The maximum absolute atomic E-state index is 13.1. The first-order valence-electron chi connectivity index (χ1n) is 36.4. The predicted octanol–water partition coefficient (Wildman–Crippen LogP) is 18.7. The van der Waals surface area contributed by atoms with Gasteiger partial charge in [0.1, 0.15) is 24.4 Å². The van der Waals surface area contributed by atoms with Gasteiger partial charge in [0.15, 0.2) is 6.29 Å². The lowest BCUT2D eigenvalue weighted by Gasteiger charge is -2.40. The van der Waals surface area contributed by atoms with Crippen LogP contribution in [0.4, 0.5) is 0 Å². The van der Waals surface area contributed by atoms with E-state index in [1.807, 2.05) is 6.08 Å². The standard InChI is InChI=1S/C74H137NO10/c1-3-5-7-9-11-13-15-16-34-37-41-44-48-52-56-60-67(77)66(65-84-74-73(82)72(81)71(80)68(64-76)85-74)75-69(78)61-57-53-49-45-42-38-35-32-30-28-26-24-22-20-18-17-19-21-23-25-27-29-31-33-36-39-43-47-51-55-59-63-83-70(79)62-58-54-50-46-40-14-12-10-8-6-4-2/h15-16,19,21,41,44,56,60,66-68,71-74,76-77,80-82H,3-14,17-18,20,22-40,42-43,45-55,57-59,61-65H2,1-2H3,(H,75,78)/b16-15+,21-19-,44-41+,60-56+. The van der Waals surface area contributed by atoms with Crippen LogP contribution in [0, 0.1) is 0 Å². The first-order chi connectivity index (χ1) is 41.7. The van der Waals surface area contributed by atoms with Crippen LogP contribution < -0.4 is 5.32 Å². The van der Waals surface area contributed by atoms with Crippen molar-refractivity contribution in [1.29, 1.82) is 0 Å². The highest BCUT2D eigenvalue weighted by atomic mass is 16.7. The van der Waals surface area contributed by atoms with Gasteiger partial charge in [-0.15, -0.1) is 0 Å². The Bertz CT molecular complexity index is 1550. The van der Waals surface area contributed by atoms with Gasteiger partial charge in [-0.2, -0.15) is 0 Å². The Morgan fingerprint density at radius 3 is 1.16 bits per heavy atom. The second kappa shape index (κ2) is 63.2. The molecular weight excluding hydrogens is 1060 g/mol. The van der Waals surface area contributed by atoms with Crippen LogP contribution in [0.15, 0.2) is 48.6 Å². The molecule has 0 spiro atoms. The second-order valence-corrected chi connectivity index (χ2v) is 25.3. The monoisotopic (exact) mass is 1200 g/mol. The van der Waals surface area contributed by atoms with Crippen LogP contribution in [0.1, 0.15) is 348 Å². The SMILES string of the molecule is CCCCCCC/C=C/CC/C=C/CC/C=C/C(O)C(COC1OC(CO)C(O)C(O)C1O)NC(=O)CCCCCCCCCCCCCCCCC/C=C\CCCCCCCCCCCCCCOC(=O)CCCCCCCCCCCCC. The van der Waals surface area contributed by atoms with E-state index in [1.54, 1.807) is 6.08 Å². The molecule has 0 aliphatic carbocycles. The molecule has 498 valence electrons. The molecule has 11 heteroatoms. The number of carbonyl (C=O) groups excluding carboxylic acids is 2. The van der Waals surface area contributed by atoms with E-state index >= 15 is 0 Å². The number of amides is 1. The summed E-state index contributed by atoms with van der Waals surface area (Å²) in [6.45, 7) is 4.34. The number of allylic oxidation sites excluding steroid dienone is 7. The number of unbranched alkanes of at least 4 members (excludes halogenated alkanes) is 44.